The Morgan fingerprint density at radius 2 is 2.23 bits per heavy atom. The van der Waals surface area contributed by atoms with Crippen molar-refractivity contribution in [2.24, 2.45) is 5.92 Å². The zero-order valence-electron chi connectivity index (χ0n) is 12.1. The zero-order chi connectivity index (χ0) is 15.7. The van der Waals surface area contributed by atoms with Gasteiger partial charge in [0.25, 0.3) is 5.91 Å². The van der Waals surface area contributed by atoms with Crippen LogP contribution in [-0.4, -0.2) is 50.2 Å². The van der Waals surface area contributed by atoms with Crippen LogP contribution in [0.5, 0.6) is 0 Å². The van der Waals surface area contributed by atoms with Gasteiger partial charge < -0.3 is 10.0 Å². The SMILES string of the molecule is Cc1nc(-c2cccc(C(=O)N3CC[C@H](C(=O)O)C3)c2)n[nH]1. The molecular weight excluding hydrogens is 284 g/mol. The molecule has 114 valence electrons. The molecule has 1 aliphatic heterocycles. The third-order valence-electron chi connectivity index (χ3n) is 3.79. The first kappa shape index (κ1) is 14.2. The summed E-state index contributed by atoms with van der Waals surface area (Å²) in [4.78, 5) is 29.3. The normalized spacial score (nSPS) is 17.7. The van der Waals surface area contributed by atoms with Gasteiger partial charge in [0.2, 0.25) is 0 Å². The first-order chi connectivity index (χ1) is 10.5. The van der Waals surface area contributed by atoms with Gasteiger partial charge in [-0.25, -0.2) is 4.98 Å². The van der Waals surface area contributed by atoms with Gasteiger partial charge in [-0.05, 0) is 25.5 Å². The van der Waals surface area contributed by atoms with E-state index in [4.69, 9.17) is 5.11 Å². The predicted molar refractivity (Wildman–Crippen MR) is 78.2 cm³/mol. The largest absolute Gasteiger partial charge is 0.481 e. The van der Waals surface area contributed by atoms with Crippen molar-refractivity contribution in [2.45, 2.75) is 13.3 Å². The molecule has 2 heterocycles. The van der Waals surface area contributed by atoms with E-state index in [0.717, 1.165) is 5.56 Å². The number of amides is 1. The van der Waals surface area contributed by atoms with Crippen molar-refractivity contribution < 1.29 is 14.7 Å². The second kappa shape index (κ2) is 5.59. The van der Waals surface area contributed by atoms with Crippen molar-refractivity contribution in [3.05, 3.63) is 35.7 Å². The van der Waals surface area contributed by atoms with Crippen molar-refractivity contribution in [3.63, 3.8) is 0 Å². The Labute approximate surface area is 127 Å². The van der Waals surface area contributed by atoms with Gasteiger partial charge in [0.05, 0.1) is 5.92 Å². The van der Waals surface area contributed by atoms with Crippen molar-refractivity contribution in [3.8, 4) is 11.4 Å². The third-order valence-corrected chi connectivity index (χ3v) is 3.79. The van der Waals surface area contributed by atoms with E-state index in [1.165, 1.54) is 0 Å². The molecule has 2 N–H and O–H groups in total. The van der Waals surface area contributed by atoms with Crippen LogP contribution in [0.15, 0.2) is 24.3 Å². The number of rotatable bonds is 3. The number of nitrogens with one attached hydrogen (secondary N) is 1. The molecule has 22 heavy (non-hydrogen) atoms. The monoisotopic (exact) mass is 300 g/mol. The summed E-state index contributed by atoms with van der Waals surface area (Å²) >= 11 is 0. The summed E-state index contributed by atoms with van der Waals surface area (Å²) in [5.41, 5.74) is 1.27. The lowest BCUT2D eigenvalue weighted by atomic mass is 10.1. The lowest BCUT2D eigenvalue weighted by Gasteiger charge is -2.16. The van der Waals surface area contributed by atoms with Crippen LogP contribution in [0.3, 0.4) is 0 Å². The summed E-state index contributed by atoms with van der Waals surface area (Å²) in [5, 5.41) is 15.9. The van der Waals surface area contributed by atoms with Gasteiger partial charge in [-0.1, -0.05) is 12.1 Å². The van der Waals surface area contributed by atoms with Gasteiger partial charge in [0.1, 0.15) is 5.82 Å². The Morgan fingerprint density at radius 1 is 1.41 bits per heavy atom. The molecule has 1 aromatic carbocycles. The second-order valence-electron chi connectivity index (χ2n) is 5.40. The van der Waals surface area contributed by atoms with Gasteiger partial charge in [-0.3, -0.25) is 14.7 Å². The number of likely N-dealkylation sites (tertiary alicyclic amines) is 1. The smallest absolute Gasteiger partial charge is 0.308 e. The minimum atomic E-state index is -0.847. The number of nitrogens with zero attached hydrogens (tertiary/aromatic N) is 3. The van der Waals surface area contributed by atoms with E-state index >= 15 is 0 Å². The van der Waals surface area contributed by atoms with Gasteiger partial charge in [-0.2, -0.15) is 5.10 Å². The van der Waals surface area contributed by atoms with Gasteiger partial charge in [0.15, 0.2) is 5.82 Å². The molecule has 0 unspecified atom stereocenters. The summed E-state index contributed by atoms with van der Waals surface area (Å²) in [5.74, 6) is -0.228. The molecule has 0 spiro atoms. The first-order valence-electron chi connectivity index (χ1n) is 7.06. The summed E-state index contributed by atoms with van der Waals surface area (Å²) in [6.07, 6.45) is 0.501. The van der Waals surface area contributed by atoms with Gasteiger partial charge in [0, 0.05) is 24.2 Å². The number of aromatic nitrogens is 3. The fraction of sp³-hybridized carbons (Fsp3) is 0.333. The van der Waals surface area contributed by atoms with Crippen molar-refractivity contribution in [1.29, 1.82) is 0 Å². The van der Waals surface area contributed by atoms with Crippen LogP contribution in [-0.2, 0) is 4.79 Å². The Kier molecular flexibility index (Phi) is 3.62. The highest BCUT2D eigenvalue weighted by molar-refractivity contribution is 5.95. The fourth-order valence-corrected chi connectivity index (χ4v) is 2.59. The Bertz CT molecular complexity index is 725. The maximum absolute atomic E-state index is 12.5. The van der Waals surface area contributed by atoms with E-state index in [2.05, 4.69) is 15.2 Å². The van der Waals surface area contributed by atoms with Crippen LogP contribution >= 0.6 is 0 Å². The number of hydrogen-bond donors (Lipinski definition) is 2. The lowest BCUT2D eigenvalue weighted by molar-refractivity contribution is -0.141. The standard InChI is InChI=1S/C15H16N4O3/c1-9-16-13(18-17-9)10-3-2-4-11(7-10)14(20)19-6-5-12(8-19)15(21)22/h2-4,7,12H,5-6,8H2,1H3,(H,21,22)(H,16,17,18)/t12-/m0/s1. The molecule has 1 aromatic heterocycles. The van der Waals surface area contributed by atoms with Crippen molar-refractivity contribution in [1.82, 2.24) is 20.1 Å². The highest BCUT2D eigenvalue weighted by Gasteiger charge is 2.31. The molecule has 1 amide bonds. The summed E-state index contributed by atoms with van der Waals surface area (Å²) in [6.45, 7) is 2.54. The molecule has 0 bridgehead atoms. The van der Waals surface area contributed by atoms with Gasteiger partial charge >= 0.3 is 5.97 Å². The molecule has 1 fully saturated rings. The molecular formula is C15H16N4O3. The first-order valence-corrected chi connectivity index (χ1v) is 7.06. The maximum Gasteiger partial charge on any atom is 0.308 e. The van der Waals surface area contributed by atoms with E-state index in [1.807, 2.05) is 13.0 Å². The summed E-state index contributed by atoms with van der Waals surface area (Å²) in [7, 11) is 0. The molecule has 1 aliphatic rings. The third kappa shape index (κ3) is 2.69. The average molecular weight is 300 g/mol. The van der Waals surface area contributed by atoms with Gasteiger partial charge in [-0.15, -0.1) is 0 Å². The number of carboxylic acid groups (broad SMARTS) is 1. The summed E-state index contributed by atoms with van der Waals surface area (Å²) < 4.78 is 0. The van der Waals surface area contributed by atoms with E-state index in [0.29, 0.717) is 30.2 Å². The minimum Gasteiger partial charge on any atom is -0.481 e. The fourth-order valence-electron chi connectivity index (χ4n) is 2.59. The Hall–Kier alpha value is -2.70. The number of hydrogen-bond acceptors (Lipinski definition) is 4. The van der Waals surface area contributed by atoms with Crippen LogP contribution < -0.4 is 0 Å². The molecule has 7 heteroatoms. The predicted octanol–water partition coefficient (Wildman–Crippen LogP) is 1.33. The number of benzene rings is 1. The number of H-pyrrole nitrogens is 1. The lowest BCUT2D eigenvalue weighted by Crippen LogP contribution is -2.29. The van der Waals surface area contributed by atoms with Crippen LogP contribution in [0.1, 0.15) is 22.6 Å². The Balaban J connectivity index is 1.80. The van der Waals surface area contributed by atoms with E-state index < -0.39 is 11.9 Å². The van der Waals surface area contributed by atoms with Crippen LogP contribution in [0, 0.1) is 12.8 Å². The van der Waals surface area contributed by atoms with E-state index in [1.54, 1.807) is 23.1 Å². The molecule has 1 saturated heterocycles. The van der Waals surface area contributed by atoms with Crippen molar-refractivity contribution >= 4 is 11.9 Å². The molecule has 0 radical (unpaired) electrons. The number of aryl methyl sites for hydroxylation is 1. The Morgan fingerprint density at radius 3 is 2.86 bits per heavy atom. The molecule has 3 rings (SSSR count). The minimum absolute atomic E-state index is 0.155. The number of carboxylic acids is 1. The maximum atomic E-state index is 12.5. The molecule has 0 aliphatic carbocycles. The molecule has 1 atom stereocenters. The highest BCUT2D eigenvalue weighted by atomic mass is 16.4. The number of carbonyl (C=O) groups is 2. The average Bonchev–Trinajstić information content (AvgIpc) is 3.15. The number of aromatic amines is 1. The van der Waals surface area contributed by atoms with Crippen molar-refractivity contribution in [2.75, 3.05) is 13.1 Å². The number of carbonyl (C=O) groups excluding carboxylic acids is 1. The number of aliphatic carboxylic acids is 1. The highest BCUT2D eigenvalue weighted by Crippen LogP contribution is 2.21. The van der Waals surface area contributed by atoms with Crippen LogP contribution in [0.25, 0.3) is 11.4 Å². The van der Waals surface area contributed by atoms with E-state index in [9.17, 15) is 9.59 Å². The van der Waals surface area contributed by atoms with E-state index in [-0.39, 0.29) is 12.5 Å². The topological polar surface area (TPSA) is 99.2 Å². The zero-order valence-corrected chi connectivity index (χ0v) is 12.1. The molecule has 0 saturated carbocycles. The second-order valence-corrected chi connectivity index (χ2v) is 5.40. The molecule has 7 nitrogen and oxygen atoms in total. The summed E-state index contributed by atoms with van der Waals surface area (Å²) in [6, 6.07) is 7.07. The quantitative estimate of drug-likeness (QED) is 0.890. The molecule has 2 aromatic rings. The van der Waals surface area contributed by atoms with Crippen LogP contribution in [0.2, 0.25) is 0 Å². The van der Waals surface area contributed by atoms with Crippen LogP contribution in [0.4, 0.5) is 0 Å².